The van der Waals surface area contributed by atoms with Gasteiger partial charge in [-0.2, -0.15) is 10.2 Å². The third kappa shape index (κ3) is 5.15. The Hall–Kier alpha value is -2.80. The van der Waals surface area contributed by atoms with Gasteiger partial charge >= 0.3 is 0 Å². The average molecular weight is 314 g/mol. The first-order valence-electron chi connectivity index (χ1n) is 7.26. The number of hydrogen-bond acceptors (Lipinski definition) is 6. The van der Waals surface area contributed by atoms with Crippen LogP contribution >= 0.6 is 0 Å². The summed E-state index contributed by atoms with van der Waals surface area (Å²) < 4.78 is 0. The minimum absolute atomic E-state index is 0.0219. The summed E-state index contributed by atoms with van der Waals surface area (Å²) in [7, 11) is 0. The number of aliphatic hydroxyl groups is 1. The number of azo groups is 1. The van der Waals surface area contributed by atoms with E-state index in [1.165, 1.54) is 12.1 Å². The number of non-ortho nitro benzene ring substituents is 1. The lowest BCUT2D eigenvalue weighted by atomic mass is 10.2. The maximum Gasteiger partial charge on any atom is 0.269 e. The quantitative estimate of drug-likeness (QED) is 0.454. The molecule has 0 heterocycles. The smallest absolute Gasteiger partial charge is 0.269 e. The van der Waals surface area contributed by atoms with Crippen LogP contribution in [0.3, 0.4) is 0 Å². The molecule has 0 aromatic heterocycles. The molecule has 0 aliphatic heterocycles. The third-order valence-electron chi connectivity index (χ3n) is 3.22. The molecule has 2 rings (SSSR count). The number of aliphatic hydroxyl groups excluding tert-OH is 1. The normalized spacial score (nSPS) is 12.3. The third-order valence-corrected chi connectivity index (χ3v) is 3.22. The molecule has 1 unspecified atom stereocenters. The zero-order valence-corrected chi connectivity index (χ0v) is 12.7. The summed E-state index contributed by atoms with van der Waals surface area (Å²) in [5.74, 6) is 0. The molecule has 0 radical (unpaired) electrons. The highest BCUT2D eigenvalue weighted by atomic mass is 16.6. The number of rotatable bonds is 7. The van der Waals surface area contributed by atoms with Crippen molar-refractivity contribution >= 4 is 22.7 Å². The first kappa shape index (κ1) is 16.6. The summed E-state index contributed by atoms with van der Waals surface area (Å²) in [6, 6.07) is 13.2. The van der Waals surface area contributed by atoms with Gasteiger partial charge in [-0.15, -0.1) is 0 Å². The van der Waals surface area contributed by atoms with Crippen LogP contribution in [0.1, 0.15) is 13.3 Å². The van der Waals surface area contributed by atoms with Crippen LogP contribution < -0.4 is 5.32 Å². The first-order valence-corrected chi connectivity index (χ1v) is 7.26. The highest BCUT2D eigenvalue weighted by Crippen LogP contribution is 2.22. The van der Waals surface area contributed by atoms with Crippen LogP contribution in [0.4, 0.5) is 22.7 Å². The maximum absolute atomic E-state index is 10.6. The summed E-state index contributed by atoms with van der Waals surface area (Å²) in [5.41, 5.74) is 2.13. The van der Waals surface area contributed by atoms with Gasteiger partial charge in [-0.05, 0) is 42.8 Å². The molecule has 23 heavy (non-hydrogen) atoms. The van der Waals surface area contributed by atoms with Gasteiger partial charge in [-0.25, -0.2) is 0 Å². The number of benzene rings is 2. The van der Waals surface area contributed by atoms with Crippen molar-refractivity contribution in [2.24, 2.45) is 10.2 Å². The summed E-state index contributed by atoms with van der Waals surface area (Å²) >= 11 is 0. The van der Waals surface area contributed by atoms with Crippen molar-refractivity contribution in [3.63, 3.8) is 0 Å². The number of nitrogens with one attached hydrogen (secondary N) is 1. The van der Waals surface area contributed by atoms with E-state index in [0.29, 0.717) is 24.3 Å². The van der Waals surface area contributed by atoms with E-state index < -0.39 is 4.92 Å². The molecule has 0 bridgehead atoms. The van der Waals surface area contributed by atoms with Crippen molar-refractivity contribution < 1.29 is 10.0 Å². The molecule has 0 aliphatic carbocycles. The van der Waals surface area contributed by atoms with Gasteiger partial charge in [0.15, 0.2) is 0 Å². The van der Waals surface area contributed by atoms with Crippen molar-refractivity contribution in [1.29, 1.82) is 0 Å². The van der Waals surface area contributed by atoms with Crippen LogP contribution in [-0.2, 0) is 0 Å². The molecule has 1 atom stereocenters. The molecule has 0 spiro atoms. The molecule has 120 valence electrons. The van der Waals surface area contributed by atoms with Gasteiger partial charge in [0.05, 0.1) is 22.4 Å². The van der Waals surface area contributed by atoms with E-state index in [2.05, 4.69) is 15.5 Å². The molecule has 7 heteroatoms. The number of nitrogens with zero attached hydrogens (tertiary/aromatic N) is 3. The largest absolute Gasteiger partial charge is 0.391 e. The lowest BCUT2D eigenvalue weighted by molar-refractivity contribution is -0.384. The zero-order chi connectivity index (χ0) is 16.7. The Kier molecular flexibility index (Phi) is 5.76. The predicted octanol–water partition coefficient (Wildman–Crippen LogP) is 4.19. The van der Waals surface area contributed by atoms with Crippen LogP contribution in [0.5, 0.6) is 0 Å². The Morgan fingerprint density at radius 1 is 1.09 bits per heavy atom. The van der Waals surface area contributed by atoms with Gasteiger partial charge in [0.1, 0.15) is 0 Å². The number of hydrogen-bond donors (Lipinski definition) is 2. The minimum Gasteiger partial charge on any atom is -0.391 e. The molecule has 2 N–H and O–H groups in total. The SMILES string of the molecule is CCC(O)CNc1ccc(/N=N/c2ccc([N+](=O)[O-])cc2)cc1. The lowest BCUT2D eigenvalue weighted by Gasteiger charge is -2.10. The van der Waals surface area contributed by atoms with Gasteiger partial charge in [0.2, 0.25) is 0 Å². The van der Waals surface area contributed by atoms with Gasteiger partial charge in [0.25, 0.3) is 5.69 Å². The molecule has 7 nitrogen and oxygen atoms in total. The second kappa shape index (κ2) is 8.00. The highest BCUT2D eigenvalue weighted by Gasteiger charge is 2.03. The number of anilines is 1. The molecular weight excluding hydrogens is 296 g/mol. The van der Waals surface area contributed by atoms with E-state index in [4.69, 9.17) is 0 Å². The summed E-state index contributed by atoms with van der Waals surface area (Å²) in [6.07, 6.45) is 0.339. The topological polar surface area (TPSA) is 100 Å². The summed E-state index contributed by atoms with van der Waals surface area (Å²) in [4.78, 5) is 10.1. The van der Waals surface area contributed by atoms with Crippen LogP contribution in [-0.4, -0.2) is 22.7 Å². The maximum atomic E-state index is 10.6. The fraction of sp³-hybridized carbons (Fsp3) is 0.250. The molecule has 0 aliphatic rings. The molecule has 0 fully saturated rings. The van der Waals surface area contributed by atoms with Crippen LogP contribution in [0, 0.1) is 10.1 Å². The van der Waals surface area contributed by atoms with Crippen molar-refractivity contribution in [3.8, 4) is 0 Å². The van der Waals surface area contributed by atoms with Gasteiger partial charge in [0, 0.05) is 24.4 Å². The van der Waals surface area contributed by atoms with Gasteiger partial charge in [-0.3, -0.25) is 10.1 Å². The Labute approximate surface area is 133 Å². The molecule has 2 aromatic carbocycles. The number of nitro benzene ring substituents is 1. The molecule has 2 aromatic rings. The monoisotopic (exact) mass is 314 g/mol. The van der Waals surface area contributed by atoms with Crippen molar-refractivity contribution in [2.45, 2.75) is 19.4 Å². The van der Waals surface area contributed by atoms with Gasteiger partial charge in [-0.1, -0.05) is 6.92 Å². The van der Waals surface area contributed by atoms with Crippen molar-refractivity contribution in [3.05, 3.63) is 58.6 Å². The molecule has 0 saturated carbocycles. The summed E-state index contributed by atoms with van der Waals surface area (Å²) in [6.45, 7) is 2.42. The van der Waals surface area contributed by atoms with Crippen LogP contribution in [0.15, 0.2) is 58.8 Å². The molecular formula is C16H18N4O3. The standard InChI is InChI=1S/C16H18N4O3/c1-2-16(21)11-17-12-3-5-13(6-4-12)18-19-14-7-9-15(10-8-14)20(22)23/h3-10,16-17,21H,2,11H2,1H3/b19-18+. The Morgan fingerprint density at radius 3 is 2.09 bits per heavy atom. The molecule has 0 saturated heterocycles. The van der Waals surface area contributed by atoms with E-state index in [1.807, 2.05) is 19.1 Å². The second-order valence-electron chi connectivity index (χ2n) is 4.96. The lowest BCUT2D eigenvalue weighted by Crippen LogP contribution is -2.17. The Bertz CT molecular complexity index is 669. The number of nitro groups is 1. The zero-order valence-electron chi connectivity index (χ0n) is 12.7. The van der Waals surface area contributed by atoms with Gasteiger partial charge < -0.3 is 10.4 Å². The fourth-order valence-corrected chi connectivity index (χ4v) is 1.78. The first-order chi connectivity index (χ1) is 11.1. The Balaban J connectivity index is 1.95. The minimum atomic E-state index is -0.456. The van der Waals surface area contributed by atoms with Crippen LogP contribution in [0.2, 0.25) is 0 Å². The van der Waals surface area contributed by atoms with Crippen molar-refractivity contribution in [1.82, 2.24) is 0 Å². The van der Waals surface area contributed by atoms with Crippen LogP contribution in [0.25, 0.3) is 0 Å². The van der Waals surface area contributed by atoms with E-state index in [1.54, 1.807) is 24.3 Å². The van der Waals surface area contributed by atoms with E-state index >= 15 is 0 Å². The second-order valence-corrected chi connectivity index (χ2v) is 4.96. The van der Waals surface area contributed by atoms with Crippen molar-refractivity contribution in [2.75, 3.05) is 11.9 Å². The predicted molar refractivity (Wildman–Crippen MR) is 88.5 cm³/mol. The average Bonchev–Trinajstić information content (AvgIpc) is 2.59. The molecule has 0 amide bonds. The van der Waals surface area contributed by atoms with E-state index in [-0.39, 0.29) is 11.8 Å². The fourth-order valence-electron chi connectivity index (χ4n) is 1.78. The summed E-state index contributed by atoms with van der Waals surface area (Å²) in [5, 5.41) is 31.3. The van der Waals surface area contributed by atoms with E-state index in [9.17, 15) is 15.2 Å². The van der Waals surface area contributed by atoms with E-state index in [0.717, 1.165) is 5.69 Å². The highest BCUT2D eigenvalue weighted by molar-refractivity contribution is 5.51. The Morgan fingerprint density at radius 2 is 1.61 bits per heavy atom.